The van der Waals surface area contributed by atoms with Crippen molar-refractivity contribution in [3.8, 4) is 0 Å². The van der Waals surface area contributed by atoms with E-state index in [0.29, 0.717) is 19.5 Å². The Balaban J connectivity index is 2.12. The molecule has 1 fully saturated rings. The average Bonchev–Trinajstić information content (AvgIpc) is 2.44. The summed E-state index contributed by atoms with van der Waals surface area (Å²) in [4.78, 5) is 13.8. The minimum Gasteiger partial charge on any atom is -0.444 e. The Morgan fingerprint density at radius 1 is 1.17 bits per heavy atom. The predicted octanol–water partition coefficient (Wildman–Crippen LogP) is 3.76. The van der Waals surface area contributed by atoms with Gasteiger partial charge in [0.15, 0.2) is 0 Å². The van der Waals surface area contributed by atoms with Gasteiger partial charge in [0.05, 0.1) is 5.56 Å². The minimum atomic E-state index is -4.36. The van der Waals surface area contributed by atoms with Crippen molar-refractivity contribution in [1.82, 2.24) is 4.90 Å². The van der Waals surface area contributed by atoms with E-state index >= 15 is 0 Å². The molecule has 0 saturated carbocycles. The molecular formula is C17H23F3N2O2. The van der Waals surface area contributed by atoms with Gasteiger partial charge in [0, 0.05) is 25.0 Å². The number of alkyl halides is 3. The Bertz CT molecular complexity index is 579. The van der Waals surface area contributed by atoms with Crippen LogP contribution in [0.15, 0.2) is 24.3 Å². The van der Waals surface area contributed by atoms with Gasteiger partial charge in [-0.3, -0.25) is 0 Å². The molecular weight excluding hydrogens is 321 g/mol. The molecule has 0 radical (unpaired) electrons. The van der Waals surface area contributed by atoms with Crippen molar-refractivity contribution < 1.29 is 22.7 Å². The lowest BCUT2D eigenvalue weighted by molar-refractivity contribution is -0.137. The smallest absolute Gasteiger partial charge is 0.416 e. The molecule has 134 valence electrons. The molecule has 4 nitrogen and oxygen atoms in total. The van der Waals surface area contributed by atoms with E-state index < -0.39 is 23.4 Å². The fourth-order valence-electron chi connectivity index (χ4n) is 2.80. The summed E-state index contributed by atoms with van der Waals surface area (Å²) in [5.41, 5.74) is 5.47. The Labute approximate surface area is 139 Å². The van der Waals surface area contributed by atoms with Gasteiger partial charge in [-0.15, -0.1) is 0 Å². The molecule has 1 saturated heterocycles. The minimum absolute atomic E-state index is 0.108. The van der Waals surface area contributed by atoms with Crippen LogP contribution in [0.25, 0.3) is 0 Å². The van der Waals surface area contributed by atoms with Crippen molar-refractivity contribution in [3.63, 3.8) is 0 Å². The van der Waals surface area contributed by atoms with E-state index in [1.807, 2.05) is 0 Å². The van der Waals surface area contributed by atoms with Crippen molar-refractivity contribution >= 4 is 6.09 Å². The quantitative estimate of drug-likeness (QED) is 0.844. The Morgan fingerprint density at radius 3 is 2.25 bits per heavy atom. The predicted molar refractivity (Wildman–Crippen MR) is 84.6 cm³/mol. The normalized spacial score (nSPS) is 22.4. The van der Waals surface area contributed by atoms with Gasteiger partial charge in [-0.05, 0) is 44.9 Å². The zero-order valence-corrected chi connectivity index (χ0v) is 14.1. The van der Waals surface area contributed by atoms with Crippen LogP contribution in [0.4, 0.5) is 18.0 Å². The van der Waals surface area contributed by atoms with E-state index in [4.69, 9.17) is 10.5 Å². The highest BCUT2D eigenvalue weighted by atomic mass is 19.4. The van der Waals surface area contributed by atoms with E-state index in [-0.39, 0.29) is 12.0 Å². The van der Waals surface area contributed by atoms with Crippen molar-refractivity contribution in [3.05, 3.63) is 35.4 Å². The zero-order valence-electron chi connectivity index (χ0n) is 14.1. The number of halogens is 3. The Morgan fingerprint density at radius 2 is 1.75 bits per heavy atom. The summed E-state index contributed by atoms with van der Waals surface area (Å²) in [6, 6.07) is 4.80. The molecule has 0 unspecified atom stereocenters. The molecule has 7 heteroatoms. The molecule has 0 bridgehead atoms. The second-order valence-corrected chi connectivity index (χ2v) is 7.20. The number of carbonyl (C=O) groups excluding carboxylic acids is 1. The van der Waals surface area contributed by atoms with Crippen LogP contribution >= 0.6 is 0 Å². The molecule has 24 heavy (non-hydrogen) atoms. The van der Waals surface area contributed by atoms with Gasteiger partial charge in [-0.1, -0.05) is 12.1 Å². The summed E-state index contributed by atoms with van der Waals surface area (Å²) in [6.07, 6.45) is -4.19. The fraction of sp³-hybridized carbons (Fsp3) is 0.588. The van der Waals surface area contributed by atoms with Crippen LogP contribution in [0.2, 0.25) is 0 Å². The molecule has 2 rings (SSSR count). The maximum absolute atomic E-state index is 12.7. The van der Waals surface area contributed by atoms with Gasteiger partial charge in [-0.25, -0.2) is 4.79 Å². The summed E-state index contributed by atoms with van der Waals surface area (Å²) in [5.74, 6) is -0.108. The number of nitrogens with two attached hydrogens (primary N) is 1. The molecule has 1 aliphatic heterocycles. The summed E-state index contributed by atoms with van der Waals surface area (Å²) < 4.78 is 43.3. The van der Waals surface area contributed by atoms with E-state index in [9.17, 15) is 18.0 Å². The van der Waals surface area contributed by atoms with Gasteiger partial charge in [0.1, 0.15) is 5.60 Å². The number of amides is 1. The maximum atomic E-state index is 12.7. The third-order valence-corrected chi connectivity index (χ3v) is 3.84. The number of rotatable bonds is 1. The number of piperidine rings is 1. The standard InChI is InChI=1S/C17H23F3N2O2/c1-16(2,3)24-15(23)22-9-12(8-14(21)10-22)11-4-6-13(7-5-11)17(18,19)20/h4-7,12,14H,8-10,21H2,1-3H3/t12-,14-/m1/s1. The van der Waals surface area contributed by atoms with Crippen LogP contribution in [0, 0.1) is 0 Å². The van der Waals surface area contributed by atoms with E-state index in [1.54, 1.807) is 20.8 Å². The number of hydrogen-bond acceptors (Lipinski definition) is 3. The zero-order chi connectivity index (χ0) is 18.1. The van der Waals surface area contributed by atoms with Crippen LogP contribution in [0.3, 0.4) is 0 Å². The van der Waals surface area contributed by atoms with E-state index in [1.165, 1.54) is 17.0 Å². The molecule has 0 spiro atoms. The summed E-state index contributed by atoms with van der Waals surface area (Å²) in [7, 11) is 0. The lowest BCUT2D eigenvalue weighted by Gasteiger charge is -2.37. The largest absolute Gasteiger partial charge is 0.444 e. The number of ether oxygens (including phenoxy) is 1. The molecule has 0 aliphatic carbocycles. The summed E-state index contributed by atoms with van der Waals surface area (Å²) in [6.45, 7) is 6.10. The molecule has 2 N–H and O–H groups in total. The third kappa shape index (κ3) is 4.87. The number of hydrogen-bond donors (Lipinski definition) is 1. The van der Waals surface area contributed by atoms with Crippen LogP contribution in [-0.2, 0) is 10.9 Å². The number of likely N-dealkylation sites (tertiary alicyclic amines) is 1. The van der Waals surface area contributed by atoms with Gasteiger partial charge in [0.2, 0.25) is 0 Å². The first-order chi connectivity index (χ1) is 11.0. The third-order valence-electron chi connectivity index (χ3n) is 3.84. The van der Waals surface area contributed by atoms with Crippen molar-refractivity contribution in [1.29, 1.82) is 0 Å². The molecule has 1 aliphatic rings. The molecule has 1 aromatic carbocycles. The van der Waals surface area contributed by atoms with E-state index in [2.05, 4.69) is 0 Å². The van der Waals surface area contributed by atoms with Gasteiger partial charge in [0.25, 0.3) is 0 Å². The monoisotopic (exact) mass is 344 g/mol. The number of nitrogens with zero attached hydrogens (tertiary/aromatic N) is 1. The molecule has 1 heterocycles. The highest BCUT2D eigenvalue weighted by Gasteiger charge is 2.33. The van der Waals surface area contributed by atoms with Crippen LogP contribution < -0.4 is 5.73 Å². The maximum Gasteiger partial charge on any atom is 0.416 e. The average molecular weight is 344 g/mol. The van der Waals surface area contributed by atoms with Gasteiger partial charge < -0.3 is 15.4 Å². The van der Waals surface area contributed by atoms with Crippen LogP contribution in [0.1, 0.15) is 44.2 Å². The second kappa shape index (κ2) is 6.63. The molecule has 2 atom stereocenters. The molecule has 1 aromatic rings. The first kappa shape index (κ1) is 18.6. The number of benzene rings is 1. The summed E-state index contributed by atoms with van der Waals surface area (Å²) >= 11 is 0. The van der Waals surface area contributed by atoms with Crippen LogP contribution in [0.5, 0.6) is 0 Å². The fourth-order valence-corrected chi connectivity index (χ4v) is 2.80. The lowest BCUT2D eigenvalue weighted by Crippen LogP contribution is -2.50. The second-order valence-electron chi connectivity index (χ2n) is 7.20. The van der Waals surface area contributed by atoms with Crippen molar-refractivity contribution in [2.75, 3.05) is 13.1 Å². The highest BCUT2D eigenvalue weighted by molar-refractivity contribution is 5.68. The lowest BCUT2D eigenvalue weighted by atomic mass is 9.88. The van der Waals surface area contributed by atoms with E-state index in [0.717, 1.165) is 17.7 Å². The Hall–Kier alpha value is -1.76. The van der Waals surface area contributed by atoms with Gasteiger partial charge >= 0.3 is 12.3 Å². The van der Waals surface area contributed by atoms with Gasteiger partial charge in [-0.2, -0.15) is 13.2 Å². The first-order valence-electron chi connectivity index (χ1n) is 7.86. The number of carbonyl (C=O) groups is 1. The SMILES string of the molecule is CC(C)(C)OC(=O)N1C[C@H](N)C[C@@H](c2ccc(C(F)(F)F)cc2)C1. The van der Waals surface area contributed by atoms with Crippen molar-refractivity contribution in [2.45, 2.75) is 50.9 Å². The molecule has 1 amide bonds. The Kier molecular flexibility index (Phi) is 5.13. The summed E-state index contributed by atoms with van der Waals surface area (Å²) in [5, 5.41) is 0. The molecule has 0 aromatic heterocycles. The highest BCUT2D eigenvalue weighted by Crippen LogP contribution is 2.32. The topological polar surface area (TPSA) is 55.6 Å². The van der Waals surface area contributed by atoms with Crippen molar-refractivity contribution in [2.24, 2.45) is 5.73 Å². The first-order valence-corrected chi connectivity index (χ1v) is 7.86. The van der Waals surface area contributed by atoms with Crippen LogP contribution in [-0.4, -0.2) is 35.7 Å².